The molecule has 3 aromatic heterocycles. The van der Waals surface area contributed by atoms with E-state index in [1.54, 1.807) is 23.6 Å². The summed E-state index contributed by atoms with van der Waals surface area (Å²) >= 11 is 0. The molecule has 0 radical (unpaired) electrons. The summed E-state index contributed by atoms with van der Waals surface area (Å²) in [5.41, 5.74) is 2.39. The van der Waals surface area contributed by atoms with Gasteiger partial charge in [0.15, 0.2) is 5.65 Å². The van der Waals surface area contributed by atoms with Gasteiger partial charge in [-0.15, -0.1) is 0 Å². The molecule has 0 atom stereocenters. The van der Waals surface area contributed by atoms with E-state index in [4.69, 9.17) is 9.47 Å². The highest BCUT2D eigenvalue weighted by Crippen LogP contribution is 2.28. The molecule has 4 rings (SSSR count). The molecule has 0 aliphatic rings. The minimum Gasteiger partial charge on any atom is -0.492 e. The Bertz CT molecular complexity index is 1290. The van der Waals surface area contributed by atoms with Crippen LogP contribution in [0.5, 0.6) is 11.8 Å². The van der Waals surface area contributed by atoms with Crippen LogP contribution in [-0.4, -0.2) is 63.8 Å². The number of aryl methyl sites for hydroxylation is 1. The molecule has 0 aliphatic heterocycles. The SMILES string of the molecule is COc1nc(C)c2nc(-c3cncc(F)c3)n(Cc3ccc(OCCN(C)C)cc3F)c2n1. The van der Waals surface area contributed by atoms with Crippen LogP contribution in [0, 0.1) is 18.6 Å². The van der Waals surface area contributed by atoms with Gasteiger partial charge < -0.3 is 18.9 Å². The largest absolute Gasteiger partial charge is 0.492 e. The summed E-state index contributed by atoms with van der Waals surface area (Å²) in [6, 6.07) is 6.22. The molecule has 4 aromatic rings. The Kier molecular flexibility index (Phi) is 6.45. The number of pyridine rings is 1. The van der Waals surface area contributed by atoms with Crippen LogP contribution in [0.3, 0.4) is 0 Å². The van der Waals surface area contributed by atoms with Crippen LogP contribution in [0.15, 0.2) is 36.7 Å². The minimum absolute atomic E-state index is 0.103. The van der Waals surface area contributed by atoms with Crippen molar-refractivity contribution in [1.82, 2.24) is 29.4 Å². The smallest absolute Gasteiger partial charge is 0.318 e. The topological polar surface area (TPSA) is 78.2 Å². The number of fused-ring (bicyclic) bond motifs is 1. The lowest BCUT2D eigenvalue weighted by molar-refractivity contribution is 0.260. The predicted octanol–water partition coefficient (Wildman–Crippen LogP) is 3.47. The van der Waals surface area contributed by atoms with Gasteiger partial charge in [0.2, 0.25) is 0 Å². The van der Waals surface area contributed by atoms with Gasteiger partial charge in [0, 0.05) is 29.9 Å². The minimum atomic E-state index is -0.503. The van der Waals surface area contributed by atoms with E-state index < -0.39 is 11.6 Å². The Balaban J connectivity index is 1.76. The second-order valence-corrected chi connectivity index (χ2v) is 7.79. The zero-order valence-corrected chi connectivity index (χ0v) is 18.8. The number of imidazole rings is 1. The fourth-order valence-corrected chi connectivity index (χ4v) is 3.37. The van der Waals surface area contributed by atoms with Crippen LogP contribution in [-0.2, 0) is 6.54 Å². The van der Waals surface area contributed by atoms with Crippen molar-refractivity contribution < 1.29 is 18.3 Å². The maximum absolute atomic E-state index is 15.0. The summed E-state index contributed by atoms with van der Waals surface area (Å²) in [6.07, 6.45) is 2.61. The molecule has 0 aliphatic carbocycles. The van der Waals surface area contributed by atoms with Crippen molar-refractivity contribution >= 4 is 11.2 Å². The molecule has 0 unspecified atom stereocenters. The van der Waals surface area contributed by atoms with E-state index in [2.05, 4.69) is 19.9 Å². The highest BCUT2D eigenvalue weighted by Gasteiger charge is 2.20. The first-order valence-corrected chi connectivity index (χ1v) is 10.3. The fraction of sp³-hybridized carbons (Fsp3) is 0.304. The standard InChI is InChI=1S/C23H24F2N6O2/c1-14-20-22(29-23(27-14)32-4)31(21(28-20)16-9-17(24)12-26-11-16)13-15-5-6-18(10-19(15)25)33-8-7-30(2)3/h5-6,9-12H,7-8,13H2,1-4H3. The average molecular weight is 454 g/mol. The molecule has 0 amide bonds. The third kappa shape index (κ3) is 4.90. The van der Waals surface area contributed by atoms with Gasteiger partial charge >= 0.3 is 6.01 Å². The molecule has 0 bridgehead atoms. The van der Waals surface area contributed by atoms with E-state index in [0.717, 1.165) is 12.7 Å². The number of methoxy groups -OCH3 is 1. The number of nitrogens with zero attached hydrogens (tertiary/aromatic N) is 6. The van der Waals surface area contributed by atoms with Crippen molar-refractivity contribution in [1.29, 1.82) is 0 Å². The molecular weight excluding hydrogens is 430 g/mol. The molecule has 33 heavy (non-hydrogen) atoms. The number of benzene rings is 1. The molecule has 0 saturated carbocycles. The Morgan fingerprint density at radius 2 is 1.88 bits per heavy atom. The van der Waals surface area contributed by atoms with Crippen molar-refractivity contribution in [3.05, 3.63) is 59.6 Å². The number of hydrogen-bond acceptors (Lipinski definition) is 7. The summed E-state index contributed by atoms with van der Waals surface area (Å²) in [6.45, 7) is 3.05. The molecule has 10 heteroatoms. The van der Waals surface area contributed by atoms with Crippen LogP contribution in [0.2, 0.25) is 0 Å². The molecule has 3 heterocycles. The molecular formula is C23H24F2N6O2. The third-order valence-electron chi connectivity index (χ3n) is 5.05. The van der Waals surface area contributed by atoms with Gasteiger partial charge in [0.1, 0.15) is 35.3 Å². The number of hydrogen-bond donors (Lipinski definition) is 0. The van der Waals surface area contributed by atoms with Crippen LogP contribution < -0.4 is 9.47 Å². The van der Waals surface area contributed by atoms with Gasteiger partial charge in [0.25, 0.3) is 0 Å². The quantitative estimate of drug-likeness (QED) is 0.403. The Hall–Kier alpha value is -3.66. The van der Waals surface area contributed by atoms with Gasteiger partial charge in [-0.05, 0) is 33.2 Å². The lowest BCUT2D eigenvalue weighted by Gasteiger charge is -2.13. The van der Waals surface area contributed by atoms with Crippen LogP contribution in [0.25, 0.3) is 22.6 Å². The number of aromatic nitrogens is 5. The first-order chi connectivity index (χ1) is 15.9. The van der Waals surface area contributed by atoms with Crippen LogP contribution in [0.1, 0.15) is 11.3 Å². The molecule has 0 spiro atoms. The highest BCUT2D eigenvalue weighted by molar-refractivity contribution is 5.79. The summed E-state index contributed by atoms with van der Waals surface area (Å²) in [7, 11) is 5.34. The lowest BCUT2D eigenvalue weighted by Crippen LogP contribution is -2.19. The predicted molar refractivity (Wildman–Crippen MR) is 119 cm³/mol. The van der Waals surface area contributed by atoms with Gasteiger partial charge in [-0.2, -0.15) is 9.97 Å². The highest BCUT2D eigenvalue weighted by atomic mass is 19.1. The number of halogens is 2. The summed E-state index contributed by atoms with van der Waals surface area (Å²) in [5.74, 6) is -0.0893. The lowest BCUT2D eigenvalue weighted by atomic mass is 10.2. The van der Waals surface area contributed by atoms with Gasteiger partial charge in [-0.3, -0.25) is 4.98 Å². The van der Waals surface area contributed by atoms with Gasteiger partial charge in [0.05, 0.1) is 25.5 Å². The Morgan fingerprint density at radius 3 is 2.58 bits per heavy atom. The Morgan fingerprint density at radius 1 is 1.06 bits per heavy atom. The maximum atomic E-state index is 15.0. The van der Waals surface area contributed by atoms with Crippen LogP contribution >= 0.6 is 0 Å². The average Bonchev–Trinajstić information content (AvgIpc) is 3.14. The third-order valence-corrected chi connectivity index (χ3v) is 5.05. The van der Waals surface area contributed by atoms with E-state index in [-0.39, 0.29) is 12.6 Å². The van der Waals surface area contributed by atoms with Crippen molar-refractivity contribution in [2.45, 2.75) is 13.5 Å². The molecule has 172 valence electrons. The zero-order valence-electron chi connectivity index (χ0n) is 18.8. The first-order valence-electron chi connectivity index (χ1n) is 10.3. The molecule has 0 saturated heterocycles. The molecule has 0 fully saturated rings. The number of ether oxygens (including phenoxy) is 2. The second-order valence-electron chi connectivity index (χ2n) is 7.79. The van der Waals surface area contributed by atoms with Crippen molar-refractivity contribution in [2.75, 3.05) is 34.4 Å². The Labute approximate surface area is 189 Å². The number of rotatable bonds is 8. The van der Waals surface area contributed by atoms with E-state index in [0.29, 0.717) is 46.2 Å². The fourth-order valence-electron chi connectivity index (χ4n) is 3.37. The van der Waals surface area contributed by atoms with E-state index in [9.17, 15) is 8.78 Å². The normalized spacial score (nSPS) is 11.4. The molecule has 8 nitrogen and oxygen atoms in total. The zero-order chi connectivity index (χ0) is 23.5. The van der Waals surface area contributed by atoms with Crippen LogP contribution in [0.4, 0.5) is 8.78 Å². The second kappa shape index (κ2) is 9.45. The van der Waals surface area contributed by atoms with Crippen molar-refractivity contribution in [2.24, 2.45) is 0 Å². The summed E-state index contributed by atoms with van der Waals surface area (Å²) in [4.78, 5) is 19.2. The summed E-state index contributed by atoms with van der Waals surface area (Å²) < 4.78 is 41.4. The van der Waals surface area contributed by atoms with Crippen molar-refractivity contribution in [3.63, 3.8) is 0 Å². The molecule has 1 aromatic carbocycles. The summed E-state index contributed by atoms with van der Waals surface area (Å²) in [5, 5.41) is 0. The monoisotopic (exact) mass is 454 g/mol. The maximum Gasteiger partial charge on any atom is 0.318 e. The van der Waals surface area contributed by atoms with Gasteiger partial charge in [-0.25, -0.2) is 13.8 Å². The van der Waals surface area contributed by atoms with E-state index in [1.807, 2.05) is 19.0 Å². The molecule has 0 N–H and O–H groups in total. The first kappa shape index (κ1) is 22.5. The van der Waals surface area contributed by atoms with Crippen molar-refractivity contribution in [3.8, 4) is 23.1 Å². The van der Waals surface area contributed by atoms with E-state index >= 15 is 0 Å². The number of likely N-dealkylation sites (N-methyl/N-ethyl adjacent to an activating group) is 1. The van der Waals surface area contributed by atoms with E-state index in [1.165, 1.54) is 25.4 Å². The van der Waals surface area contributed by atoms with Gasteiger partial charge in [-0.1, -0.05) is 6.07 Å².